The summed E-state index contributed by atoms with van der Waals surface area (Å²) in [6.07, 6.45) is 2.74. The number of amides is 1. The van der Waals surface area contributed by atoms with Gasteiger partial charge in [0.05, 0.1) is 6.54 Å². The van der Waals surface area contributed by atoms with Gasteiger partial charge in [-0.25, -0.2) is 4.79 Å². The highest BCUT2D eigenvalue weighted by atomic mass is 32.1. The molecule has 0 unspecified atom stereocenters. The van der Waals surface area contributed by atoms with Crippen LogP contribution in [0.15, 0.2) is 17.5 Å². The largest absolute Gasteiger partial charge is 0.478 e. The van der Waals surface area contributed by atoms with E-state index >= 15 is 0 Å². The molecule has 1 aliphatic rings. The molecule has 1 saturated heterocycles. The molecule has 6 heteroatoms. The summed E-state index contributed by atoms with van der Waals surface area (Å²) in [7, 11) is 1.81. The van der Waals surface area contributed by atoms with Crippen LogP contribution in [0.4, 0.5) is 0 Å². The van der Waals surface area contributed by atoms with Gasteiger partial charge in [-0.3, -0.25) is 9.69 Å². The molecule has 0 bridgehead atoms. The molecular formula is C13H16N2O3S. The number of hydrogen-bond acceptors (Lipinski definition) is 4. The summed E-state index contributed by atoms with van der Waals surface area (Å²) in [5.41, 5.74) is 0.916. The van der Waals surface area contributed by atoms with Gasteiger partial charge in [-0.15, -0.1) is 11.3 Å². The number of rotatable bonds is 4. The fourth-order valence-electron chi connectivity index (χ4n) is 1.93. The summed E-state index contributed by atoms with van der Waals surface area (Å²) in [6.45, 7) is 2.71. The van der Waals surface area contributed by atoms with Crippen molar-refractivity contribution in [1.29, 1.82) is 0 Å². The standard InChI is InChI=1S/C13H16N2O3S/c1-14-5-6-15(9-12(14)16)8-11-10(4-7-19-11)2-3-13(17)18/h2-4,7H,5-6,8-9H2,1H3,(H,17,18). The highest BCUT2D eigenvalue weighted by molar-refractivity contribution is 7.10. The summed E-state index contributed by atoms with van der Waals surface area (Å²) in [5, 5.41) is 10.6. The lowest BCUT2D eigenvalue weighted by Crippen LogP contribution is -2.47. The Bertz CT molecular complexity index is 510. The molecule has 0 aliphatic carbocycles. The van der Waals surface area contributed by atoms with Gasteiger partial charge in [-0.1, -0.05) is 0 Å². The van der Waals surface area contributed by atoms with Crippen molar-refractivity contribution in [2.75, 3.05) is 26.7 Å². The van der Waals surface area contributed by atoms with E-state index in [1.165, 1.54) is 0 Å². The highest BCUT2D eigenvalue weighted by Gasteiger charge is 2.21. The van der Waals surface area contributed by atoms with Crippen LogP contribution in [0.2, 0.25) is 0 Å². The number of carboxylic acids is 1. The van der Waals surface area contributed by atoms with Crippen molar-refractivity contribution in [2.24, 2.45) is 0 Å². The summed E-state index contributed by atoms with van der Waals surface area (Å²) in [6, 6.07) is 1.90. The maximum Gasteiger partial charge on any atom is 0.328 e. The van der Waals surface area contributed by atoms with Gasteiger partial charge in [0, 0.05) is 37.6 Å². The van der Waals surface area contributed by atoms with Crippen LogP contribution in [-0.2, 0) is 16.1 Å². The summed E-state index contributed by atoms with van der Waals surface area (Å²) >= 11 is 1.59. The molecule has 102 valence electrons. The van der Waals surface area contributed by atoms with Gasteiger partial charge in [-0.05, 0) is 23.1 Å². The van der Waals surface area contributed by atoms with Crippen LogP contribution in [0, 0.1) is 0 Å². The summed E-state index contributed by atoms with van der Waals surface area (Å²) in [5.74, 6) is -0.822. The molecule has 2 rings (SSSR count). The molecule has 2 heterocycles. The molecular weight excluding hydrogens is 264 g/mol. The number of carbonyl (C=O) groups is 2. The molecule has 1 amide bonds. The van der Waals surface area contributed by atoms with E-state index in [0.717, 1.165) is 29.6 Å². The Labute approximate surface area is 115 Å². The number of likely N-dealkylation sites (N-methyl/N-ethyl adjacent to an activating group) is 1. The first-order valence-electron chi connectivity index (χ1n) is 6.00. The van der Waals surface area contributed by atoms with E-state index in [1.54, 1.807) is 22.3 Å². The van der Waals surface area contributed by atoms with E-state index in [1.807, 2.05) is 18.5 Å². The van der Waals surface area contributed by atoms with E-state index in [-0.39, 0.29) is 5.91 Å². The van der Waals surface area contributed by atoms with Crippen LogP contribution < -0.4 is 0 Å². The van der Waals surface area contributed by atoms with E-state index in [9.17, 15) is 9.59 Å². The van der Waals surface area contributed by atoms with Crippen LogP contribution in [0.25, 0.3) is 6.08 Å². The average Bonchev–Trinajstić information content (AvgIpc) is 2.79. The second kappa shape index (κ2) is 5.99. The highest BCUT2D eigenvalue weighted by Crippen LogP contribution is 2.21. The molecule has 0 atom stereocenters. The molecule has 1 aromatic rings. The maximum absolute atomic E-state index is 11.6. The van der Waals surface area contributed by atoms with Crippen LogP contribution in [0.1, 0.15) is 10.4 Å². The SMILES string of the molecule is CN1CCN(Cc2sccc2C=CC(=O)O)CC1=O. The summed E-state index contributed by atoms with van der Waals surface area (Å²) < 4.78 is 0. The number of piperazine rings is 1. The van der Waals surface area contributed by atoms with E-state index < -0.39 is 5.97 Å². The third kappa shape index (κ3) is 3.65. The third-order valence-electron chi connectivity index (χ3n) is 3.09. The number of aliphatic carboxylic acids is 1. The van der Waals surface area contributed by atoms with Gasteiger partial charge in [0.1, 0.15) is 0 Å². The first kappa shape index (κ1) is 13.8. The Balaban J connectivity index is 2.02. The minimum Gasteiger partial charge on any atom is -0.478 e. The van der Waals surface area contributed by atoms with E-state index in [4.69, 9.17) is 5.11 Å². The Morgan fingerprint density at radius 2 is 2.32 bits per heavy atom. The maximum atomic E-state index is 11.6. The molecule has 1 aliphatic heterocycles. The second-order valence-corrected chi connectivity index (χ2v) is 5.50. The monoisotopic (exact) mass is 280 g/mol. The van der Waals surface area contributed by atoms with Gasteiger partial charge in [0.25, 0.3) is 0 Å². The number of thiophene rings is 1. The molecule has 19 heavy (non-hydrogen) atoms. The molecule has 1 aromatic heterocycles. The third-order valence-corrected chi connectivity index (χ3v) is 4.01. The first-order chi connectivity index (χ1) is 9.06. The van der Waals surface area contributed by atoms with Crippen LogP contribution in [0.3, 0.4) is 0 Å². The number of nitrogens with zero attached hydrogens (tertiary/aromatic N) is 2. The average molecular weight is 280 g/mol. The molecule has 0 radical (unpaired) electrons. The summed E-state index contributed by atoms with van der Waals surface area (Å²) in [4.78, 5) is 27.1. The lowest BCUT2D eigenvalue weighted by Gasteiger charge is -2.31. The van der Waals surface area contributed by atoms with E-state index in [2.05, 4.69) is 4.90 Å². The zero-order valence-electron chi connectivity index (χ0n) is 10.7. The second-order valence-electron chi connectivity index (χ2n) is 4.50. The van der Waals surface area contributed by atoms with Crippen molar-refractivity contribution in [3.63, 3.8) is 0 Å². The molecule has 1 N–H and O–H groups in total. The predicted molar refractivity (Wildman–Crippen MR) is 73.9 cm³/mol. The smallest absolute Gasteiger partial charge is 0.328 e. The van der Waals surface area contributed by atoms with Gasteiger partial charge < -0.3 is 10.0 Å². The Morgan fingerprint density at radius 1 is 1.53 bits per heavy atom. The van der Waals surface area contributed by atoms with Gasteiger partial charge in [0.2, 0.25) is 5.91 Å². The minimum absolute atomic E-state index is 0.130. The van der Waals surface area contributed by atoms with Gasteiger partial charge >= 0.3 is 5.97 Å². The van der Waals surface area contributed by atoms with Crippen LogP contribution >= 0.6 is 11.3 Å². The zero-order chi connectivity index (χ0) is 13.8. The lowest BCUT2D eigenvalue weighted by molar-refractivity contribution is -0.134. The Kier molecular flexibility index (Phi) is 4.34. The Hall–Kier alpha value is -1.66. The first-order valence-corrected chi connectivity index (χ1v) is 6.88. The van der Waals surface area contributed by atoms with Crippen molar-refractivity contribution in [3.05, 3.63) is 28.0 Å². The minimum atomic E-state index is -0.952. The predicted octanol–water partition coefficient (Wildman–Crippen LogP) is 1.12. The zero-order valence-corrected chi connectivity index (χ0v) is 11.5. The normalized spacial score (nSPS) is 17.3. The molecule has 0 saturated carbocycles. The molecule has 5 nitrogen and oxygen atoms in total. The van der Waals surface area contributed by atoms with Crippen molar-refractivity contribution in [3.8, 4) is 0 Å². The van der Waals surface area contributed by atoms with Crippen molar-refractivity contribution in [1.82, 2.24) is 9.80 Å². The number of carbonyl (C=O) groups excluding carboxylic acids is 1. The topological polar surface area (TPSA) is 60.9 Å². The molecule has 1 fully saturated rings. The van der Waals surface area contributed by atoms with Gasteiger partial charge in [0.15, 0.2) is 0 Å². The van der Waals surface area contributed by atoms with Gasteiger partial charge in [-0.2, -0.15) is 0 Å². The fourth-order valence-corrected chi connectivity index (χ4v) is 2.84. The van der Waals surface area contributed by atoms with Crippen molar-refractivity contribution < 1.29 is 14.7 Å². The van der Waals surface area contributed by atoms with E-state index in [0.29, 0.717) is 13.1 Å². The van der Waals surface area contributed by atoms with Crippen molar-refractivity contribution >= 4 is 29.3 Å². The Morgan fingerprint density at radius 3 is 3.00 bits per heavy atom. The lowest BCUT2D eigenvalue weighted by atomic mass is 10.2. The molecule has 0 spiro atoms. The molecule has 0 aromatic carbocycles. The van der Waals surface area contributed by atoms with Crippen LogP contribution in [0.5, 0.6) is 0 Å². The fraction of sp³-hybridized carbons (Fsp3) is 0.385. The number of carboxylic acid groups (broad SMARTS) is 1. The van der Waals surface area contributed by atoms with Crippen molar-refractivity contribution in [2.45, 2.75) is 6.54 Å². The number of hydrogen-bond donors (Lipinski definition) is 1. The van der Waals surface area contributed by atoms with Crippen LogP contribution in [-0.4, -0.2) is 53.5 Å². The quantitative estimate of drug-likeness (QED) is 0.840.